The zero-order chi connectivity index (χ0) is 7.44. The number of hydrogen-bond donors (Lipinski definition) is 1. The van der Waals surface area contributed by atoms with Gasteiger partial charge in [0.25, 0.3) is 0 Å². The van der Waals surface area contributed by atoms with Gasteiger partial charge >= 0.3 is 5.97 Å². The summed E-state index contributed by atoms with van der Waals surface area (Å²) in [5.41, 5.74) is 0. The zero-order valence-corrected chi connectivity index (χ0v) is 5.55. The third kappa shape index (κ3) is 3.70. The van der Waals surface area contributed by atoms with Crippen molar-refractivity contribution in [1.82, 2.24) is 0 Å². The molecule has 0 heterocycles. The zero-order valence-electron chi connectivity index (χ0n) is 5.55. The molecule has 0 saturated heterocycles. The van der Waals surface area contributed by atoms with E-state index >= 15 is 0 Å². The normalized spacial score (nSPS) is 12.7. The summed E-state index contributed by atoms with van der Waals surface area (Å²) in [5.74, 6) is -1.34. The van der Waals surface area contributed by atoms with Crippen LogP contribution in [0.1, 0.15) is 20.3 Å². The quantitative estimate of drug-likeness (QED) is 0.611. The SMILES string of the molecule is CC(=O)[C@H](C)CC(=O)O. The Hall–Kier alpha value is -0.860. The molecule has 0 aromatic carbocycles. The van der Waals surface area contributed by atoms with Gasteiger partial charge in [-0.2, -0.15) is 0 Å². The van der Waals surface area contributed by atoms with Crippen molar-refractivity contribution < 1.29 is 14.7 Å². The standard InChI is InChI=1S/C6H10O3/c1-4(5(2)7)3-6(8)9/h4H,3H2,1-2H3,(H,8,9)/t4-/m1/s1. The van der Waals surface area contributed by atoms with Crippen molar-refractivity contribution in [3.63, 3.8) is 0 Å². The maximum atomic E-state index is 10.4. The van der Waals surface area contributed by atoms with Gasteiger partial charge in [0.15, 0.2) is 0 Å². The van der Waals surface area contributed by atoms with Crippen LogP contribution >= 0.6 is 0 Å². The average Bonchev–Trinajstić information content (AvgIpc) is 1.63. The molecule has 1 atom stereocenters. The summed E-state index contributed by atoms with van der Waals surface area (Å²) in [4.78, 5) is 20.4. The summed E-state index contributed by atoms with van der Waals surface area (Å²) < 4.78 is 0. The predicted molar refractivity (Wildman–Crippen MR) is 32.1 cm³/mol. The molecule has 0 spiro atoms. The van der Waals surface area contributed by atoms with Crippen molar-refractivity contribution in [2.45, 2.75) is 20.3 Å². The maximum Gasteiger partial charge on any atom is 0.304 e. The van der Waals surface area contributed by atoms with Crippen molar-refractivity contribution in [1.29, 1.82) is 0 Å². The van der Waals surface area contributed by atoms with E-state index in [1.807, 2.05) is 0 Å². The van der Waals surface area contributed by atoms with E-state index in [9.17, 15) is 9.59 Å². The molecule has 0 saturated carbocycles. The molecule has 0 unspecified atom stereocenters. The van der Waals surface area contributed by atoms with Crippen LogP contribution in [0.4, 0.5) is 0 Å². The molecule has 3 nitrogen and oxygen atoms in total. The van der Waals surface area contributed by atoms with Gasteiger partial charge in [-0.25, -0.2) is 0 Å². The van der Waals surface area contributed by atoms with Gasteiger partial charge in [-0.15, -0.1) is 0 Å². The number of ketones is 1. The van der Waals surface area contributed by atoms with Gasteiger partial charge < -0.3 is 5.11 Å². The highest BCUT2D eigenvalue weighted by molar-refractivity contribution is 5.82. The Morgan fingerprint density at radius 3 is 2.11 bits per heavy atom. The lowest BCUT2D eigenvalue weighted by molar-refractivity contribution is -0.140. The molecule has 0 rings (SSSR count). The molecule has 0 aliphatic carbocycles. The van der Waals surface area contributed by atoms with Crippen LogP contribution in [0, 0.1) is 5.92 Å². The number of Topliss-reactive ketones (excluding diaryl/α,β-unsaturated/α-hetero) is 1. The fourth-order valence-electron chi connectivity index (χ4n) is 0.406. The van der Waals surface area contributed by atoms with Crippen LogP contribution in [0.2, 0.25) is 0 Å². The molecule has 0 fully saturated rings. The highest BCUT2D eigenvalue weighted by Gasteiger charge is 2.10. The van der Waals surface area contributed by atoms with Crippen LogP contribution in [0.3, 0.4) is 0 Å². The average molecular weight is 130 g/mol. The molecule has 9 heavy (non-hydrogen) atoms. The first-order chi connectivity index (χ1) is 4.04. The van der Waals surface area contributed by atoms with E-state index in [1.54, 1.807) is 6.92 Å². The second-order valence-corrected chi connectivity index (χ2v) is 2.11. The van der Waals surface area contributed by atoms with Gasteiger partial charge in [0, 0.05) is 5.92 Å². The Bertz CT molecular complexity index is 128. The van der Waals surface area contributed by atoms with Crippen molar-refractivity contribution in [2.24, 2.45) is 5.92 Å². The molecule has 0 aliphatic rings. The predicted octanol–water partition coefficient (Wildman–Crippen LogP) is 0.686. The number of aliphatic carboxylic acids is 1. The lowest BCUT2D eigenvalue weighted by Gasteiger charge is -2.00. The summed E-state index contributed by atoms with van der Waals surface area (Å²) >= 11 is 0. The van der Waals surface area contributed by atoms with E-state index in [2.05, 4.69) is 0 Å². The molecule has 0 aromatic heterocycles. The fourth-order valence-corrected chi connectivity index (χ4v) is 0.406. The number of carboxylic acids is 1. The summed E-state index contributed by atoms with van der Waals surface area (Å²) in [5, 5.41) is 8.18. The third-order valence-corrected chi connectivity index (χ3v) is 1.17. The Balaban J connectivity index is 3.63. The van der Waals surface area contributed by atoms with Crippen LogP contribution in [0.5, 0.6) is 0 Å². The van der Waals surface area contributed by atoms with Gasteiger partial charge in [-0.1, -0.05) is 6.92 Å². The molecule has 0 aromatic rings. The minimum atomic E-state index is -0.919. The topological polar surface area (TPSA) is 54.4 Å². The Morgan fingerprint density at radius 2 is 2.00 bits per heavy atom. The van der Waals surface area contributed by atoms with E-state index in [1.165, 1.54) is 6.92 Å². The summed E-state index contributed by atoms with van der Waals surface area (Å²) in [6, 6.07) is 0. The van der Waals surface area contributed by atoms with Crippen LogP contribution in [-0.4, -0.2) is 16.9 Å². The van der Waals surface area contributed by atoms with E-state index in [0.29, 0.717) is 0 Å². The number of carbonyl (C=O) groups is 2. The van der Waals surface area contributed by atoms with Crippen LogP contribution < -0.4 is 0 Å². The Morgan fingerprint density at radius 1 is 1.56 bits per heavy atom. The number of carbonyl (C=O) groups excluding carboxylic acids is 1. The smallest absolute Gasteiger partial charge is 0.304 e. The monoisotopic (exact) mass is 130 g/mol. The van der Waals surface area contributed by atoms with E-state index in [4.69, 9.17) is 5.11 Å². The molecule has 0 amide bonds. The van der Waals surface area contributed by atoms with E-state index in [-0.39, 0.29) is 18.1 Å². The van der Waals surface area contributed by atoms with Gasteiger partial charge in [0.2, 0.25) is 0 Å². The van der Waals surface area contributed by atoms with E-state index in [0.717, 1.165) is 0 Å². The largest absolute Gasteiger partial charge is 0.481 e. The summed E-state index contributed by atoms with van der Waals surface area (Å²) in [7, 11) is 0. The Kier molecular flexibility index (Phi) is 2.91. The number of carboxylic acid groups (broad SMARTS) is 1. The van der Waals surface area contributed by atoms with Gasteiger partial charge in [0.1, 0.15) is 5.78 Å². The summed E-state index contributed by atoms with van der Waals surface area (Å²) in [6.07, 6.45) is -0.0602. The maximum absolute atomic E-state index is 10.4. The first kappa shape index (κ1) is 8.14. The van der Waals surface area contributed by atoms with E-state index < -0.39 is 5.97 Å². The molecular formula is C6H10O3. The van der Waals surface area contributed by atoms with Crippen LogP contribution in [0.25, 0.3) is 0 Å². The van der Waals surface area contributed by atoms with Crippen LogP contribution in [-0.2, 0) is 9.59 Å². The lowest BCUT2D eigenvalue weighted by atomic mass is 10.0. The minimum absolute atomic E-state index is 0.0602. The first-order valence-electron chi connectivity index (χ1n) is 2.76. The van der Waals surface area contributed by atoms with Gasteiger partial charge in [0.05, 0.1) is 6.42 Å². The first-order valence-corrected chi connectivity index (χ1v) is 2.76. The second-order valence-electron chi connectivity index (χ2n) is 2.11. The van der Waals surface area contributed by atoms with Crippen LogP contribution in [0.15, 0.2) is 0 Å². The highest BCUT2D eigenvalue weighted by atomic mass is 16.4. The molecular weight excluding hydrogens is 120 g/mol. The minimum Gasteiger partial charge on any atom is -0.481 e. The lowest BCUT2D eigenvalue weighted by Crippen LogP contribution is -2.11. The number of rotatable bonds is 3. The molecule has 1 N–H and O–H groups in total. The number of hydrogen-bond acceptors (Lipinski definition) is 2. The second kappa shape index (κ2) is 3.22. The van der Waals surface area contributed by atoms with Crippen molar-refractivity contribution >= 4 is 11.8 Å². The van der Waals surface area contributed by atoms with Gasteiger partial charge in [-0.05, 0) is 6.92 Å². The highest BCUT2D eigenvalue weighted by Crippen LogP contribution is 2.01. The fraction of sp³-hybridized carbons (Fsp3) is 0.667. The molecule has 0 bridgehead atoms. The van der Waals surface area contributed by atoms with Crippen molar-refractivity contribution in [3.8, 4) is 0 Å². The van der Waals surface area contributed by atoms with Crippen molar-refractivity contribution in [3.05, 3.63) is 0 Å². The van der Waals surface area contributed by atoms with Crippen molar-refractivity contribution in [2.75, 3.05) is 0 Å². The molecule has 0 radical (unpaired) electrons. The molecule has 0 aliphatic heterocycles. The van der Waals surface area contributed by atoms with Gasteiger partial charge in [-0.3, -0.25) is 9.59 Å². The third-order valence-electron chi connectivity index (χ3n) is 1.17. The Labute approximate surface area is 53.7 Å². The molecule has 52 valence electrons. The summed E-state index contributed by atoms with van der Waals surface area (Å²) in [6.45, 7) is 3.00. The molecule has 3 heteroatoms.